The van der Waals surface area contributed by atoms with Crippen molar-refractivity contribution in [2.24, 2.45) is 0 Å². The maximum atomic E-state index is 11.4. The van der Waals surface area contributed by atoms with Crippen LogP contribution in [0.15, 0.2) is 30.5 Å². The molecule has 1 saturated heterocycles. The number of pyridine rings is 2. The van der Waals surface area contributed by atoms with Crippen LogP contribution < -0.4 is 10.2 Å². The van der Waals surface area contributed by atoms with Crippen molar-refractivity contribution in [2.45, 2.75) is 19.9 Å². The first-order chi connectivity index (χ1) is 13.3. The Labute approximate surface area is 162 Å². The Hall–Kier alpha value is -3.43. The fourth-order valence-corrected chi connectivity index (χ4v) is 3.01. The molecule has 0 aromatic carbocycles. The minimum Gasteiger partial charge on any atom is -0.465 e. The third-order valence-electron chi connectivity index (χ3n) is 4.37. The first-order valence-corrected chi connectivity index (χ1v) is 8.96. The van der Waals surface area contributed by atoms with Gasteiger partial charge in [-0.2, -0.15) is 0 Å². The van der Waals surface area contributed by atoms with Crippen molar-refractivity contribution in [1.82, 2.24) is 14.9 Å². The molecule has 0 bridgehead atoms. The molecule has 148 valence electrons. The second-order valence-corrected chi connectivity index (χ2v) is 6.81. The molecule has 10 heteroatoms. The summed E-state index contributed by atoms with van der Waals surface area (Å²) in [6.07, 6.45) is 0.667. The molecule has 0 spiro atoms. The molecule has 2 aromatic rings. The van der Waals surface area contributed by atoms with Gasteiger partial charge in [0.25, 0.3) is 5.69 Å². The maximum Gasteiger partial charge on any atom is 0.407 e. The Balaban J connectivity index is 1.93. The number of hydrogen-bond acceptors (Lipinski definition) is 7. The number of carbonyl (C=O) groups is 1. The summed E-state index contributed by atoms with van der Waals surface area (Å²) in [7, 11) is 0. The van der Waals surface area contributed by atoms with Crippen LogP contribution in [0.4, 0.5) is 22.1 Å². The van der Waals surface area contributed by atoms with Crippen LogP contribution in [0, 0.1) is 10.1 Å². The Morgan fingerprint density at radius 2 is 1.96 bits per heavy atom. The molecule has 0 atom stereocenters. The van der Waals surface area contributed by atoms with E-state index in [1.807, 2.05) is 18.7 Å². The topological polar surface area (TPSA) is 125 Å². The van der Waals surface area contributed by atoms with Crippen LogP contribution >= 0.6 is 0 Å². The van der Waals surface area contributed by atoms with Gasteiger partial charge in [-0.25, -0.2) is 14.8 Å². The molecule has 1 amide bonds. The molecule has 2 N–H and O–H groups in total. The molecular weight excluding hydrogens is 364 g/mol. The molecule has 3 rings (SSSR count). The fourth-order valence-electron chi connectivity index (χ4n) is 3.01. The number of anilines is 2. The average Bonchev–Trinajstić information content (AvgIpc) is 2.67. The molecular formula is C18H22N6O4. The van der Waals surface area contributed by atoms with Crippen molar-refractivity contribution < 1.29 is 14.8 Å². The zero-order chi connectivity index (χ0) is 20.3. The molecule has 1 aliphatic heterocycles. The average molecular weight is 386 g/mol. The number of carboxylic acid groups (broad SMARTS) is 1. The van der Waals surface area contributed by atoms with E-state index in [4.69, 9.17) is 5.11 Å². The third kappa shape index (κ3) is 4.45. The van der Waals surface area contributed by atoms with Gasteiger partial charge in [0.2, 0.25) is 0 Å². The number of amides is 1. The number of nitro groups is 1. The second kappa shape index (κ2) is 8.07. The zero-order valence-electron chi connectivity index (χ0n) is 15.7. The third-order valence-corrected chi connectivity index (χ3v) is 4.37. The van der Waals surface area contributed by atoms with Gasteiger partial charge < -0.3 is 20.2 Å². The minimum absolute atomic E-state index is 0.0594. The van der Waals surface area contributed by atoms with Crippen molar-refractivity contribution in [1.29, 1.82) is 0 Å². The van der Waals surface area contributed by atoms with Crippen molar-refractivity contribution in [3.8, 4) is 11.3 Å². The maximum absolute atomic E-state index is 11.4. The van der Waals surface area contributed by atoms with Crippen LogP contribution in [0.5, 0.6) is 0 Å². The van der Waals surface area contributed by atoms with Gasteiger partial charge in [0.05, 0.1) is 16.7 Å². The lowest BCUT2D eigenvalue weighted by atomic mass is 10.1. The quantitative estimate of drug-likeness (QED) is 0.593. The summed E-state index contributed by atoms with van der Waals surface area (Å²) >= 11 is 0. The predicted molar refractivity (Wildman–Crippen MR) is 105 cm³/mol. The van der Waals surface area contributed by atoms with E-state index in [0.717, 1.165) is 0 Å². The highest BCUT2D eigenvalue weighted by atomic mass is 16.6. The van der Waals surface area contributed by atoms with Crippen LogP contribution in [0.3, 0.4) is 0 Å². The van der Waals surface area contributed by atoms with Crippen LogP contribution in [0.25, 0.3) is 11.3 Å². The van der Waals surface area contributed by atoms with Crippen molar-refractivity contribution in [3.63, 3.8) is 0 Å². The van der Waals surface area contributed by atoms with E-state index in [9.17, 15) is 14.9 Å². The van der Waals surface area contributed by atoms with Crippen LogP contribution in [-0.4, -0.2) is 63.2 Å². The molecule has 0 radical (unpaired) electrons. The highest BCUT2D eigenvalue weighted by Crippen LogP contribution is 2.28. The van der Waals surface area contributed by atoms with E-state index >= 15 is 0 Å². The zero-order valence-corrected chi connectivity index (χ0v) is 15.7. The molecule has 0 unspecified atom stereocenters. The summed E-state index contributed by atoms with van der Waals surface area (Å²) in [5.74, 6) is 1.13. The number of rotatable bonds is 5. The summed E-state index contributed by atoms with van der Waals surface area (Å²) in [6, 6.07) is 6.61. The smallest absolute Gasteiger partial charge is 0.407 e. The van der Waals surface area contributed by atoms with Crippen molar-refractivity contribution in [2.75, 3.05) is 36.4 Å². The minimum atomic E-state index is -0.964. The summed E-state index contributed by atoms with van der Waals surface area (Å²) < 4.78 is 0. The normalized spacial score (nSPS) is 14.2. The highest BCUT2D eigenvalue weighted by Gasteiger charge is 2.23. The van der Waals surface area contributed by atoms with E-state index in [2.05, 4.69) is 15.3 Å². The number of nitrogens with one attached hydrogen (secondary N) is 1. The van der Waals surface area contributed by atoms with Gasteiger partial charge in [0.1, 0.15) is 11.6 Å². The molecule has 28 heavy (non-hydrogen) atoms. The van der Waals surface area contributed by atoms with Crippen molar-refractivity contribution in [3.05, 3.63) is 40.6 Å². The lowest BCUT2D eigenvalue weighted by molar-refractivity contribution is -0.384. The molecule has 10 nitrogen and oxygen atoms in total. The molecule has 1 fully saturated rings. The van der Waals surface area contributed by atoms with E-state index < -0.39 is 11.0 Å². The van der Waals surface area contributed by atoms with Gasteiger partial charge in [-0.3, -0.25) is 10.1 Å². The monoisotopic (exact) mass is 386 g/mol. The lowest BCUT2D eigenvalue weighted by Crippen LogP contribution is -2.48. The van der Waals surface area contributed by atoms with Gasteiger partial charge >= 0.3 is 6.09 Å². The van der Waals surface area contributed by atoms with Crippen LogP contribution in [0.1, 0.15) is 13.8 Å². The highest BCUT2D eigenvalue weighted by molar-refractivity contribution is 5.68. The summed E-state index contributed by atoms with van der Waals surface area (Å²) in [4.78, 5) is 34.1. The number of nitrogens with zero attached hydrogens (tertiary/aromatic N) is 5. The Morgan fingerprint density at radius 1 is 1.25 bits per heavy atom. The first-order valence-electron chi connectivity index (χ1n) is 8.96. The van der Waals surface area contributed by atoms with Gasteiger partial charge in [-0.1, -0.05) is 0 Å². The first kappa shape index (κ1) is 19.3. The SMILES string of the molecule is CC(C)Nc1cc(-c2cc([N+](=O)[O-])cc(N3CCN(C(=O)O)CC3)n2)ccn1. The largest absolute Gasteiger partial charge is 0.465 e. The van der Waals surface area contributed by atoms with E-state index in [-0.39, 0.29) is 11.7 Å². The molecule has 3 heterocycles. The lowest BCUT2D eigenvalue weighted by Gasteiger charge is -2.33. The van der Waals surface area contributed by atoms with E-state index in [1.54, 1.807) is 18.3 Å². The predicted octanol–water partition coefficient (Wildman–Crippen LogP) is 2.67. The van der Waals surface area contributed by atoms with E-state index in [1.165, 1.54) is 17.0 Å². The Morgan fingerprint density at radius 3 is 2.57 bits per heavy atom. The molecule has 0 aliphatic carbocycles. The molecule has 1 aliphatic rings. The number of hydrogen-bond donors (Lipinski definition) is 2. The van der Waals surface area contributed by atoms with Gasteiger partial charge in [0.15, 0.2) is 0 Å². The molecule has 2 aromatic heterocycles. The summed E-state index contributed by atoms with van der Waals surface area (Å²) in [5, 5.41) is 23.7. The van der Waals surface area contributed by atoms with E-state index in [0.29, 0.717) is 49.1 Å². The van der Waals surface area contributed by atoms with Gasteiger partial charge in [-0.15, -0.1) is 0 Å². The summed E-state index contributed by atoms with van der Waals surface area (Å²) in [5.41, 5.74) is 1.13. The number of aromatic nitrogens is 2. The van der Waals surface area contributed by atoms with Crippen LogP contribution in [-0.2, 0) is 0 Å². The Bertz CT molecular complexity index is 880. The van der Waals surface area contributed by atoms with Crippen molar-refractivity contribution >= 4 is 23.4 Å². The standard InChI is InChI=1S/C18H22N6O4/c1-12(2)20-16-9-13(3-4-19-16)15-10-14(24(27)28)11-17(21-15)22-5-7-23(8-6-22)18(25)26/h3-4,9-12H,5-8H2,1-2H3,(H,19,20)(H,25,26). The fraction of sp³-hybridized carbons (Fsp3) is 0.389. The number of piperazine rings is 1. The van der Waals surface area contributed by atoms with Gasteiger partial charge in [0, 0.05) is 50.0 Å². The second-order valence-electron chi connectivity index (χ2n) is 6.81. The summed E-state index contributed by atoms with van der Waals surface area (Å²) in [6.45, 7) is 5.50. The van der Waals surface area contributed by atoms with Gasteiger partial charge in [-0.05, 0) is 26.0 Å². The molecule has 0 saturated carbocycles. The van der Waals surface area contributed by atoms with Crippen LogP contribution in [0.2, 0.25) is 0 Å². The Kier molecular flexibility index (Phi) is 5.57.